The van der Waals surface area contributed by atoms with Gasteiger partial charge in [-0.2, -0.15) is 0 Å². The fourth-order valence-electron chi connectivity index (χ4n) is 2.39. The second kappa shape index (κ2) is 7.94. The summed E-state index contributed by atoms with van der Waals surface area (Å²) in [5.41, 5.74) is 1.76. The van der Waals surface area contributed by atoms with Crippen molar-refractivity contribution in [2.75, 3.05) is 20.3 Å². The maximum atomic E-state index is 12.0. The Morgan fingerprint density at radius 1 is 1.24 bits per heavy atom. The largest absolute Gasteiger partial charge is 0.497 e. The number of methoxy groups -OCH3 is 1. The second-order valence-corrected chi connectivity index (χ2v) is 5.83. The summed E-state index contributed by atoms with van der Waals surface area (Å²) in [6.45, 7) is 1.41. The molecular formula is C19H18ClNO4. The van der Waals surface area contributed by atoms with E-state index >= 15 is 0 Å². The number of hydrogen-bond acceptors (Lipinski definition) is 4. The molecule has 3 rings (SSSR count). The SMILES string of the molecule is COc1ccc(CNC(=O)/C=C/c2cc(Cl)c3c(c2)OCCO3)cc1. The topological polar surface area (TPSA) is 56.8 Å². The summed E-state index contributed by atoms with van der Waals surface area (Å²) in [5.74, 6) is 1.73. The van der Waals surface area contributed by atoms with Gasteiger partial charge in [0.15, 0.2) is 11.5 Å². The lowest BCUT2D eigenvalue weighted by molar-refractivity contribution is -0.116. The molecule has 1 amide bonds. The van der Waals surface area contributed by atoms with Crippen molar-refractivity contribution in [3.63, 3.8) is 0 Å². The van der Waals surface area contributed by atoms with Gasteiger partial charge in [-0.25, -0.2) is 0 Å². The number of benzene rings is 2. The molecule has 130 valence electrons. The van der Waals surface area contributed by atoms with Gasteiger partial charge in [0.2, 0.25) is 5.91 Å². The Hall–Kier alpha value is -2.66. The lowest BCUT2D eigenvalue weighted by Gasteiger charge is -2.19. The van der Waals surface area contributed by atoms with Crippen LogP contribution in [-0.4, -0.2) is 26.2 Å². The summed E-state index contributed by atoms with van der Waals surface area (Å²) in [6, 6.07) is 11.1. The Labute approximate surface area is 151 Å². The average Bonchev–Trinajstić information content (AvgIpc) is 2.65. The molecule has 0 saturated heterocycles. The molecule has 0 spiro atoms. The van der Waals surface area contributed by atoms with E-state index in [9.17, 15) is 4.79 Å². The Kier molecular flexibility index (Phi) is 5.46. The molecule has 1 aliphatic heterocycles. The first kappa shape index (κ1) is 17.2. The smallest absolute Gasteiger partial charge is 0.244 e. The maximum absolute atomic E-state index is 12.0. The molecule has 0 aliphatic carbocycles. The summed E-state index contributed by atoms with van der Waals surface area (Å²) in [5, 5.41) is 3.30. The van der Waals surface area contributed by atoms with Crippen LogP contribution in [0.5, 0.6) is 17.2 Å². The van der Waals surface area contributed by atoms with Crippen LogP contribution in [0.25, 0.3) is 6.08 Å². The highest BCUT2D eigenvalue weighted by Gasteiger charge is 2.15. The predicted octanol–water partition coefficient (Wildman–Crippen LogP) is 3.45. The average molecular weight is 360 g/mol. The number of rotatable bonds is 5. The monoisotopic (exact) mass is 359 g/mol. The minimum absolute atomic E-state index is 0.193. The van der Waals surface area contributed by atoms with Crippen LogP contribution in [0.2, 0.25) is 5.02 Å². The highest BCUT2D eigenvalue weighted by Crippen LogP contribution is 2.38. The predicted molar refractivity (Wildman–Crippen MR) is 96.3 cm³/mol. The lowest BCUT2D eigenvalue weighted by Crippen LogP contribution is -2.20. The van der Waals surface area contributed by atoms with E-state index in [1.807, 2.05) is 24.3 Å². The highest BCUT2D eigenvalue weighted by molar-refractivity contribution is 6.32. The van der Waals surface area contributed by atoms with Crippen LogP contribution in [0.15, 0.2) is 42.5 Å². The van der Waals surface area contributed by atoms with Crippen LogP contribution in [0.4, 0.5) is 0 Å². The van der Waals surface area contributed by atoms with Gasteiger partial charge in [-0.1, -0.05) is 23.7 Å². The zero-order valence-electron chi connectivity index (χ0n) is 13.8. The van der Waals surface area contributed by atoms with Gasteiger partial charge < -0.3 is 19.5 Å². The molecule has 1 heterocycles. The van der Waals surface area contributed by atoms with E-state index in [1.54, 1.807) is 25.3 Å². The maximum Gasteiger partial charge on any atom is 0.244 e. The third kappa shape index (κ3) is 4.45. The Morgan fingerprint density at radius 2 is 2.00 bits per heavy atom. The van der Waals surface area contributed by atoms with E-state index in [0.29, 0.717) is 36.3 Å². The number of carbonyl (C=O) groups excluding carboxylic acids is 1. The molecule has 6 heteroatoms. The number of halogens is 1. The minimum Gasteiger partial charge on any atom is -0.497 e. The van der Waals surface area contributed by atoms with E-state index < -0.39 is 0 Å². The fourth-order valence-corrected chi connectivity index (χ4v) is 2.66. The van der Waals surface area contributed by atoms with Crippen molar-refractivity contribution in [3.8, 4) is 17.2 Å². The number of ether oxygens (including phenoxy) is 3. The highest BCUT2D eigenvalue weighted by atomic mass is 35.5. The molecule has 0 fully saturated rings. The molecular weight excluding hydrogens is 342 g/mol. The molecule has 0 radical (unpaired) electrons. The van der Waals surface area contributed by atoms with Gasteiger partial charge in [-0.15, -0.1) is 0 Å². The number of nitrogens with one attached hydrogen (secondary N) is 1. The standard InChI is InChI=1S/C19H18ClNO4/c1-23-15-5-2-13(3-6-15)12-21-18(22)7-4-14-10-16(20)19-17(11-14)24-8-9-25-19/h2-7,10-11H,8-9,12H2,1H3,(H,21,22)/b7-4+. The summed E-state index contributed by atoms with van der Waals surface area (Å²) in [6.07, 6.45) is 3.15. The first-order valence-electron chi connectivity index (χ1n) is 7.83. The normalized spacial score (nSPS) is 12.9. The van der Waals surface area contributed by atoms with E-state index in [2.05, 4.69) is 5.32 Å². The fraction of sp³-hybridized carbons (Fsp3) is 0.211. The molecule has 2 aromatic carbocycles. The quantitative estimate of drug-likeness (QED) is 0.831. The van der Waals surface area contributed by atoms with Crippen molar-refractivity contribution in [3.05, 3.63) is 58.6 Å². The summed E-state index contributed by atoms with van der Waals surface area (Å²) >= 11 is 6.18. The van der Waals surface area contributed by atoms with Crippen LogP contribution < -0.4 is 19.5 Å². The third-order valence-corrected chi connectivity index (χ3v) is 3.95. The summed E-state index contributed by atoms with van der Waals surface area (Å²) < 4.78 is 16.1. The first-order valence-corrected chi connectivity index (χ1v) is 8.21. The molecule has 1 N–H and O–H groups in total. The second-order valence-electron chi connectivity index (χ2n) is 5.43. The van der Waals surface area contributed by atoms with Crippen LogP contribution in [-0.2, 0) is 11.3 Å². The Balaban J connectivity index is 1.59. The number of fused-ring (bicyclic) bond motifs is 1. The minimum atomic E-state index is -0.193. The van der Waals surface area contributed by atoms with E-state index in [1.165, 1.54) is 6.08 Å². The van der Waals surface area contributed by atoms with Crippen molar-refractivity contribution in [1.82, 2.24) is 5.32 Å². The third-order valence-electron chi connectivity index (χ3n) is 3.67. The number of carbonyl (C=O) groups is 1. The van der Waals surface area contributed by atoms with E-state index in [-0.39, 0.29) is 5.91 Å². The van der Waals surface area contributed by atoms with Crippen LogP contribution in [0.3, 0.4) is 0 Å². The van der Waals surface area contributed by atoms with Gasteiger partial charge in [0.05, 0.1) is 12.1 Å². The molecule has 0 unspecified atom stereocenters. The van der Waals surface area contributed by atoms with Gasteiger partial charge in [0.25, 0.3) is 0 Å². The lowest BCUT2D eigenvalue weighted by atomic mass is 10.1. The molecule has 2 aromatic rings. The summed E-state index contributed by atoms with van der Waals surface area (Å²) in [4.78, 5) is 12.0. The van der Waals surface area contributed by atoms with Crippen molar-refractivity contribution in [2.24, 2.45) is 0 Å². The Bertz CT molecular complexity index is 787. The van der Waals surface area contributed by atoms with Crippen molar-refractivity contribution in [1.29, 1.82) is 0 Å². The van der Waals surface area contributed by atoms with Gasteiger partial charge in [-0.05, 0) is 41.5 Å². The zero-order valence-corrected chi connectivity index (χ0v) is 14.5. The molecule has 5 nitrogen and oxygen atoms in total. The Morgan fingerprint density at radius 3 is 2.76 bits per heavy atom. The van der Waals surface area contributed by atoms with Crippen molar-refractivity contribution < 1.29 is 19.0 Å². The zero-order chi connectivity index (χ0) is 17.6. The number of hydrogen-bond donors (Lipinski definition) is 1. The van der Waals surface area contributed by atoms with Gasteiger partial charge >= 0.3 is 0 Å². The number of amides is 1. The van der Waals surface area contributed by atoms with Gasteiger partial charge in [0, 0.05) is 12.6 Å². The van der Waals surface area contributed by atoms with Crippen LogP contribution in [0.1, 0.15) is 11.1 Å². The van der Waals surface area contributed by atoms with Crippen LogP contribution in [0, 0.1) is 0 Å². The molecule has 0 atom stereocenters. The molecule has 0 saturated carbocycles. The van der Waals surface area contributed by atoms with E-state index in [0.717, 1.165) is 16.9 Å². The molecule has 25 heavy (non-hydrogen) atoms. The van der Waals surface area contributed by atoms with Crippen molar-refractivity contribution in [2.45, 2.75) is 6.54 Å². The van der Waals surface area contributed by atoms with Gasteiger partial charge in [-0.3, -0.25) is 4.79 Å². The van der Waals surface area contributed by atoms with Gasteiger partial charge in [0.1, 0.15) is 19.0 Å². The molecule has 0 aromatic heterocycles. The molecule has 1 aliphatic rings. The first-order chi connectivity index (χ1) is 12.2. The van der Waals surface area contributed by atoms with Crippen LogP contribution >= 0.6 is 11.6 Å². The molecule has 0 bridgehead atoms. The van der Waals surface area contributed by atoms with E-state index in [4.69, 9.17) is 25.8 Å². The summed E-state index contributed by atoms with van der Waals surface area (Å²) in [7, 11) is 1.62. The van der Waals surface area contributed by atoms with Crippen molar-refractivity contribution >= 4 is 23.6 Å².